The molecule has 1 aromatic carbocycles. The van der Waals surface area contributed by atoms with Gasteiger partial charge in [-0.15, -0.1) is 0 Å². The van der Waals surface area contributed by atoms with E-state index in [1.165, 1.54) is 0 Å². The number of amides is 2. The van der Waals surface area contributed by atoms with Gasteiger partial charge < -0.3 is 15.5 Å². The molecule has 1 fully saturated rings. The van der Waals surface area contributed by atoms with Gasteiger partial charge in [-0.05, 0) is 24.3 Å². The van der Waals surface area contributed by atoms with Crippen LogP contribution in [0.4, 0.5) is 10.6 Å². The Kier molecular flexibility index (Phi) is 5.61. The van der Waals surface area contributed by atoms with Crippen LogP contribution in [0.15, 0.2) is 48.9 Å². The maximum absolute atomic E-state index is 11.9. The number of hydrogen-bond acceptors (Lipinski definition) is 4. The Morgan fingerprint density at radius 1 is 1.12 bits per heavy atom. The Labute approximate surface area is 142 Å². The van der Waals surface area contributed by atoms with Crippen LogP contribution in [0.2, 0.25) is 0 Å². The topological polar surface area (TPSA) is 70.2 Å². The second kappa shape index (κ2) is 8.29. The summed E-state index contributed by atoms with van der Waals surface area (Å²) in [7, 11) is 0. The number of hydrogen-bond donors (Lipinski definition) is 2. The van der Waals surface area contributed by atoms with Gasteiger partial charge in [0.05, 0.1) is 6.20 Å². The van der Waals surface area contributed by atoms with Gasteiger partial charge >= 0.3 is 6.03 Å². The fourth-order valence-corrected chi connectivity index (χ4v) is 2.90. The highest BCUT2D eigenvalue weighted by atomic mass is 16.2. The zero-order valence-electron chi connectivity index (χ0n) is 13.7. The Morgan fingerprint density at radius 2 is 1.92 bits per heavy atom. The van der Waals surface area contributed by atoms with Crippen molar-refractivity contribution in [2.24, 2.45) is 5.92 Å². The first kappa shape index (κ1) is 16.2. The summed E-state index contributed by atoms with van der Waals surface area (Å²) in [4.78, 5) is 22.6. The van der Waals surface area contributed by atoms with Gasteiger partial charge in [0.15, 0.2) is 0 Å². The molecule has 0 atom stereocenters. The van der Waals surface area contributed by atoms with Crippen LogP contribution < -0.4 is 15.5 Å². The molecule has 3 rings (SSSR count). The quantitative estimate of drug-likeness (QED) is 0.884. The number of nitrogens with zero attached hydrogens (tertiary/aromatic N) is 3. The number of carbonyl (C=O) groups is 1. The van der Waals surface area contributed by atoms with E-state index < -0.39 is 0 Å². The van der Waals surface area contributed by atoms with Gasteiger partial charge in [0.2, 0.25) is 0 Å². The molecule has 126 valence electrons. The SMILES string of the molecule is O=C(NCc1ccccc1)NCC1CCN(c2cnccn2)CC1. The van der Waals surface area contributed by atoms with Crippen LogP contribution in [0.5, 0.6) is 0 Å². The molecule has 0 bridgehead atoms. The molecule has 6 heteroatoms. The van der Waals surface area contributed by atoms with Crippen LogP contribution in [0.3, 0.4) is 0 Å². The lowest BCUT2D eigenvalue weighted by Crippen LogP contribution is -2.42. The third-order valence-electron chi connectivity index (χ3n) is 4.34. The number of benzene rings is 1. The summed E-state index contributed by atoms with van der Waals surface area (Å²) in [5.74, 6) is 1.45. The third-order valence-corrected chi connectivity index (χ3v) is 4.34. The largest absolute Gasteiger partial charge is 0.355 e. The number of urea groups is 1. The molecule has 1 aromatic heterocycles. The molecule has 0 radical (unpaired) electrons. The Bertz CT molecular complexity index is 626. The van der Waals surface area contributed by atoms with E-state index in [1.807, 2.05) is 30.3 Å². The lowest BCUT2D eigenvalue weighted by atomic mass is 9.97. The van der Waals surface area contributed by atoms with E-state index in [2.05, 4.69) is 25.5 Å². The Morgan fingerprint density at radius 3 is 2.62 bits per heavy atom. The van der Waals surface area contributed by atoms with E-state index in [4.69, 9.17) is 0 Å². The third kappa shape index (κ3) is 4.68. The predicted octanol–water partition coefficient (Wildman–Crippen LogP) is 2.19. The standard InChI is InChI=1S/C18H23N5O/c24-18(21-12-15-4-2-1-3-5-15)22-13-16-6-10-23(11-7-16)17-14-19-8-9-20-17/h1-5,8-9,14,16H,6-7,10-13H2,(H2,21,22,24). The minimum Gasteiger partial charge on any atom is -0.355 e. The zero-order chi connectivity index (χ0) is 16.6. The molecule has 2 aromatic rings. The van der Waals surface area contributed by atoms with Gasteiger partial charge in [-0.2, -0.15) is 0 Å². The van der Waals surface area contributed by atoms with Crippen molar-refractivity contribution in [3.05, 3.63) is 54.5 Å². The lowest BCUT2D eigenvalue weighted by Gasteiger charge is -2.32. The molecule has 2 amide bonds. The van der Waals surface area contributed by atoms with Crippen molar-refractivity contribution in [1.29, 1.82) is 0 Å². The van der Waals surface area contributed by atoms with Crippen LogP contribution in [0, 0.1) is 5.92 Å². The van der Waals surface area contributed by atoms with Crippen LogP contribution in [-0.4, -0.2) is 35.6 Å². The summed E-state index contributed by atoms with van der Waals surface area (Å²) in [5.41, 5.74) is 1.10. The predicted molar refractivity (Wildman–Crippen MR) is 93.6 cm³/mol. The van der Waals surface area contributed by atoms with Gasteiger partial charge in [-0.3, -0.25) is 4.98 Å². The van der Waals surface area contributed by atoms with Crippen LogP contribution >= 0.6 is 0 Å². The minimum absolute atomic E-state index is 0.102. The fraction of sp³-hybridized carbons (Fsp3) is 0.389. The van der Waals surface area contributed by atoms with Crippen LogP contribution in [-0.2, 0) is 6.54 Å². The molecule has 2 N–H and O–H groups in total. The number of rotatable bonds is 5. The molecule has 0 unspecified atom stereocenters. The molecule has 6 nitrogen and oxygen atoms in total. The first-order chi connectivity index (χ1) is 11.8. The smallest absolute Gasteiger partial charge is 0.315 e. The molecular weight excluding hydrogens is 302 g/mol. The number of nitrogens with one attached hydrogen (secondary N) is 2. The van der Waals surface area contributed by atoms with Gasteiger partial charge in [0, 0.05) is 38.6 Å². The Hall–Kier alpha value is -2.63. The normalized spacial score (nSPS) is 15.1. The summed E-state index contributed by atoms with van der Waals surface area (Å²) in [6, 6.07) is 9.82. The fourth-order valence-electron chi connectivity index (χ4n) is 2.90. The van der Waals surface area contributed by atoms with Crippen molar-refractivity contribution in [1.82, 2.24) is 20.6 Å². The van der Waals surface area contributed by atoms with Crippen molar-refractivity contribution in [3.8, 4) is 0 Å². The molecular formula is C18H23N5O. The van der Waals surface area contributed by atoms with Crippen molar-refractivity contribution in [2.75, 3.05) is 24.5 Å². The molecule has 0 saturated carbocycles. The molecule has 24 heavy (non-hydrogen) atoms. The molecule has 1 saturated heterocycles. The number of anilines is 1. The number of piperidine rings is 1. The van der Waals surface area contributed by atoms with Crippen molar-refractivity contribution in [3.63, 3.8) is 0 Å². The van der Waals surface area contributed by atoms with Gasteiger partial charge in [0.1, 0.15) is 5.82 Å². The highest BCUT2D eigenvalue weighted by Gasteiger charge is 2.20. The minimum atomic E-state index is -0.102. The average Bonchev–Trinajstić information content (AvgIpc) is 2.67. The van der Waals surface area contributed by atoms with E-state index in [-0.39, 0.29) is 6.03 Å². The Balaban J connectivity index is 1.35. The molecule has 0 spiro atoms. The summed E-state index contributed by atoms with van der Waals surface area (Å²) in [6.45, 7) is 3.18. The van der Waals surface area contributed by atoms with Crippen molar-refractivity contribution >= 4 is 11.8 Å². The molecule has 2 heterocycles. The van der Waals surface area contributed by atoms with Crippen molar-refractivity contribution in [2.45, 2.75) is 19.4 Å². The van der Waals surface area contributed by atoms with Crippen LogP contribution in [0.1, 0.15) is 18.4 Å². The van der Waals surface area contributed by atoms with Crippen molar-refractivity contribution < 1.29 is 4.79 Å². The van der Waals surface area contributed by atoms with Gasteiger partial charge in [-0.1, -0.05) is 30.3 Å². The summed E-state index contributed by atoms with van der Waals surface area (Å²) in [6.07, 6.45) is 7.31. The average molecular weight is 325 g/mol. The highest BCUT2D eigenvalue weighted by molar-refractivity contribution is 5.73. The van der Waals surface area contributed by atoms with E-state index in [0.29, 0.717) is 12.5 Å². The molecule has 0 aliphatic carbocycles. The maximum atomic E-state index is 11.9. The van der Waals surface area contributed by atoms with Gasteiger partial charge in [0.25, 0.3) is 0 Å². The monoisotopic (exact) mass is 325 g/mol. The van der Waals surface area contributed by atoms with E-state index in [0.717, 1.165) is 43.9 Å². The van der Waals surface area contributed by atoms with E-state index in [9.17, 15) is 4.79 Å². The summed E-state index contributed by atoms with van der Waals surface area (Å²) >= 11 is 0. The molecule has 1 aliphatic rings. The van der Waals surface area contributed by atoms with Crippen LogP contribution in [0.25, 0.3) is 0 Å². The maximum Gasteiger partial charge on any atom is 0.315 e. The summed E-state index contributed by atoms with van der Waals surface area (Å²) < 4.78 is 0. The number of aromatic nitrogens is 2. The second-order valence-electron chi connectivity index (χ2n) is 6.04. The second-order valence-corrected chi connectivity index (χ2v) is 6.04. The summed E-state index contributed by atoms with van der Waals surface area (Å²) in [5, 5.41) is 5.88. The lowest BCUT2D eigenvalue weighted by molar-refractivity contribution is 0.237. The van der Waals surface area contributed by atoms with Gasteiger partial charge in [-0.25, -0.2) is 9.78 Å². The zero-order valence-corrected chi connectivity index (χ0v) is 13.7. The van der Waals surface area contributed by atoms with E-state index in [1.54, 1.807) is 18.6 Å². The first-order valence-electron chi connectivity index (χ1n) is 8.38. The molecule has 1 aliphatic heterocycles. The first-order valence-corrected chi connectivity index (χ1v) is 8.38. The van der Waals surface area contributed by atoms with E-state index >= 15 is 0 Å². The highest BCUT2D eigenvalue weighted by Crippen LogP contribution is 2.20. The number of carbonyl (C=O) groups excluding carboxylic acids is 1.